The van der Waals surface area contributed by atoms with Gasteiger partial charge in [0.2, 0.25) is 5.91 Å². The fourth-order valence-electron chi connectivity index (χ4n) is 1.65. The maximum atomic E-state index is 11.9. The summed E-state index contributed by atoms with van der Waals surface area (Å²) in [5.74, 6) is -0.429. The summed E-state index contributed by atoms with van der Waals surface area (Å²) < 4.78 is 0. The van der Waals surface area contributed by atoms with E-state index in [1.54, 1.807) is 18.2 Å². The molecule has 0 spiro atoms. The Morgan fingerprint density at radius 3 is 2.70 bits per heavy atom. The predicted molar refractivity (Wildman–Crippen MR) is 81.0 cm³/mol. The summed E-state index contributed by atoms with van der Waals surface area (Å²) in [6, 6.07) is 4.73. The van der Waals surface area contributed by atoms with Crippen LogP contribution in [-0.2, 0) is 4.79 Å². The second-order valence-corrected chi connectivity index (χ2v) is 5.05. The Hall–Kier alpha value is -1.59. The number of amides is 2. The molecule has 110 valence electrons. The number of benzene rings is 1. The van der Waals surface area contributed by atoms with Crippen molar-refractivity contribution in [3.63, 3.8) is 0 Å². The Morgan fingerprint density at radius 1 is 1.40 bits per heavy atom. The number of carbonyl (C=O) groups is 2. The van der Waals surface area contributed by atoms with Crippen LogP contribution < -0.4 is 16.4 Å². The van der Waals surface area contributed by atoms with Gasteiger partial charge in [0.25, 0.3) is 5.91 Å². The van der Waals surface area contributed by atoms with Gasteiger partial charge >= 0.3 is 0 Å². The Balaban J connectivity index is 2.84. The predicted octanol–water partition coefficient (Wildman–Crippen LogP) is 2.16. The van der Waals surface area contributed by atoms with Gasteiger partial charge in [0.15, 0.2) is 0 Å². The van der Waals surface area contributed by atoms with Crippen molar-refractivity contribution in [1.29, 1.82) is 0 Å². The lowest BCUT2D eigenvalue weighted by Crippen LogP contribution is -2.25. The Labute approximate surface area is 123 Å². The third kappa shape index (κ3) is 5.19. The van der Waals surface area contributed by atoms with E-state index in [1.807, 2.05) is 13.8 Å². The molecule has 0 saturated heterocycles. The summed E-state index contributed by atoms with van der Waals surface area (Å²) >= 11 is 5.91. The minimum absolute atomic E-state index is 0.0389. The Kier molecular flexibility index (Phi) is 6.48. The molecule has 0 fully saturated rings. The summed E-state index contributed by atoms with van der Waals surface area (Å²) in [5.41, 5.74) is 6.42. The molecule has 0 heterocycles. The zero-order valence-electron chi connectivity index (χ0n) is 11.7. The molecule has 0 aromatic heterocycles. The van der Waals surface area contributed by atoms with Crippen LogP contribution in [0.4, 0.5) is 5.69 Å². The molecule has 5 nitrogen and oxygen atoms in total. The summed E-state index contributed by atoms with van der Waals surface area (Å²) in [6.45, 7) is 4.18. The number of hydrogen-bond donors (Lipinski definition) is 3. The highest BCUT2D eigenvalue weighted by atomic mass is 35.5. The maximum absolute atomic E-state index is 11.9. The number of carbonyl (C=O) groups excluding carboxylic acids is 2. The van der Waals surface area contributed by atoms with Gasteiger partial charge in [0.05, 0.1) is 11.3 Å². The highest BCUT2D eigenvalue weighted by Gasteiger charge is 2.13. The molecule has 2 amide bonds. The maximum Gasteiger partial charge on any atom is 0.253 e. The fourth-order valence-corrected chi connectivity index (χ4v) is 1.82. The molecule has 0 aliphatic carbocycles. The molecular formula is C14H20ClN3O2. The zero-order valence-corrected chi connectivity index (χ0v) is 12.5. The molecule has 0 saturated carbocycles. The van der Waals surface area contributed by atoms with Gasteiger partial charge in [0.1, 0.15) is 0 Å². The standard InChI is InChI=1S/C14H20ClN3O2/c1-3-17-14(20)11-6-5-10(15)8-12(11)18-13(19)7-4-9(2)16/h5-6,8-9H,3-4,7,16H2,1-2H3,(H,17,20)(H,18,19). The molecular weight excluding hydrogens is 278 g/mol. The fraction of sp³-hybridized carbons (Fsp3) is 0.429. The lowest BCUT2D eigenvalue weighted by molar-refractivity contribution is -0.116. The number of halogens is 1. The first-order valence-corrected chi connectivity index (χ1v) is 6.95. The molecule has 4 N–H and O–H groups in total. The lowest BCUT2D eigenvalue weighted by atomic mass is 10.1. The van der Waals surface area contributed by atoms with Gasteiger partial charge in [-0.05, 0) is 38.5 Å². The van der Waals surface area contributed by atoms with Crippen molar-refractivity contribution < 1.29 is 9.59 Å². The topological polar surface area (TPSA) is 84.2 Å². The van der Waals surface area contributed by atoms with E-state index in [1.165, 1.54) is 0 Å². The van der Waals surface area contributed by atoms with Crippen molar-refractivity contribution in [2.24, 2.45) is 5.73 Å². The van der Waals surface area contributed by atoms with Gasteiger partial charge in [-0.1, -0.05) is 11.6 Å². The van der Waals surface area contributed by atoms with Crippen LogP contribution in [0.2, 0.25) is 5.02 Å². The molecule has 0 bridgehead atoms. The summed E-state index contributed by atoms with van der Waals surface area (Å²) in [4.78, 5) is 23.7. The molecule has 1 aromatic carbocycles. The van der Waals surface area contributed by atoms with Gasteiger partial charge in [-0.15, -0.1) is 0 Å². The smallest absolute Gasteiger partial charge is 0.253 e. The van der Waals surface area contributed by atoms with Crippen LogP contribution in [0.3, 0.4) is 0 Å². The zero-order chi connectivity index (χ0) is 15.1. The van der Waals surface area contributed by atoms with Crippen molar-refractivity contribution in [2.75, 3.05) is 11.9 Å². The van der Waals surface area contributed by atoms with E-state index < -0.39 is 0 Å². The van der Waals surface area contributed by atoms with Crippen molar-refractivity contribution >= 4 is 29.1 Å². The Bertz CT molecular complexity index is 489. The minimum Gasteiger partial charge on any atom is -0.352 e. The molecule has 0 radical (unpaired) electrons. The average molecular weight is 298 g/mol. The number of nitrogens with one attached hydrogen (secondary N) is 2. The second kappa shape index (κ2) is 7.87. The molecule has 1 atom stereocenters. The van der Waals surface area contributed by atoms with E-state index in [9.17, 15) is 9.59 Å². The van der Waals surface area contributed by atoms with E-state index in [2.05, 4.69) is 10.6 Å². The molecule has 0 aliphatic rings. The van der Waals surface area contributed by atoms with Crippen molar-refractivity contribution in [2.45, 2.75) is 32.7 Å². The highest BCUT2D eigenvalue weighted by molar-refractivity contribution is 6.31. The molecule has 1 aromatic rings. The summed E-state index contributed by atoms with van der Waals surface area (Å²) in [5, 5.41) is 5.86. The molecule has 6 heteroatoms. The number of rotatable bonds is 6. The van der Waals surface area contributed by atoms with Crippen LogP contribution in [0, 0.1) is 0 Å². The second-order valence-electron chi connectivity index (χ2n) is 4.61. The molecule has 1 rings (SSSR count). The van der Waals surface area contributed by atoms with Crippen LogP contribution in [0.1, 0.15) is 37.0 Å². The van der Waals surface area contributed by atoms with Crippen LogP contribution in [0.15, 0.2) is 18.2 Å². The van der Waals surface area contributed by atoms with Crippen LogP contribution in [0.25, 0.3) is 0 Å². The summed E-state index contributed by atoms with van der Waals surface area (Å²) in [6.07, 6.45) is 0.891. The van der Waals surface area contributed by atoms with Crippen LogP contribution >= 0.6 is 11.6 Å². The number of anilines is 1. The van der Waals surface area contributed by atoms with E-state index in [0.717, 1.165) is 0 Å². The van der Waals surface area contributed by atoms with E-state index in [0.29, 0.717) is 35.7 Å². The monoisotopic (exact) mass is 297 g/mol. The average Bonchev–Trinajstić information content (AvgIpc) is 2.36. The van der Waals surface area contributed by atoms with Gasteiger partial charge < -0.3 is 16.4 Å². The first-order valence-electron chi connectivity index (χ1n) is 6.57. The van der Waals surface area contributed by atoms with Gasteiger partial charge in [-0.3, -0.25) is 9.59 Å². The summed E-state index contributed by atoms with van der Waals surface area (Å²) in [7, 11) is 0. The van der Waals surface area contributed by atoms with Crippen LogP contribution in [0.5, 0.6) is 0 Å². The van der Waals surface area contributed by atoms with E-state index in [4.69, 9.17) is 17.3 Å². The van der Waals surface area contributed by atoms with Crippen LogP contribution in [-0.4, -0.2) is 24.4 Å². The van der Waals surface area contributed by atoms with E-state index >= 15 is 0 Å². The van der Waals surface area contributed by atoms with Crippen molar-refractivity contribution in [3.05, 3.63) is 28.8 Å². The largest absolute Gasteiger partial charge is 0.352 e. The molecule has 0 aliphatic heterocycles. The Morgan fingerprint density at radius 2 is 2.10 bits per heavy atom. The van der Waals surface area contributed by atoms with Crippen molar-refractivity contribution in [3.8, 4) is 0 Å². The van der Waals surface area contributed by atoms with Gasteiger partial charge in [-0.2, -0.15) is 0 Å². The van der Waals surface area contributed by atoms with Gasteiger partial charge in [-0.25, -0.2) is 0 Å². The first-order chi connectivity index (χ1) is 9.43. The number of nitrogens with two attached hydrogens (primary N) is 1. The quantitative estimate of drug-likeness (QED) is 0.752. The molecule has 20 heavy (non-hydrogen) atoms. The highest BCUT2D eigenvalue weighted by Crippen LogP contribution is 2.21. The molecule has 1 unspecified atom stereocenters. The SMILES string of the molecule is CCNC(=O)c1ccc(Cl)cc1NC(=O)CCC(C)N. The van der Waals surface area contributed by atoms with Gasteiger partial charge in [0, 0.05) is 24.0 Å². The third-order valence-electron chi connectivity index (χ3n) is 2.66. The number of hydrogen-bond acceptors (Lipinski definition) is 3. The minimum atomic E-state index is -0.244. The first kappa shape index (κ1) is 16.5. The normalized spacial score (nSPS) is 11.8. The van der Waals surface area contributed by atoms with E-state index in [-0.39, 0.29) is 17.9 Å². The van der Waals surface area contributed by atoms with Crippen molar-refractivity contribution in [1.82, 2.24) is 5.32 Å². The lowest BCUT2D eigenvalue weighted by Gasteiger charge is -2.12. The third-order valence-corrected chi connectivity index (χ3v) is 2.90.